The number of carbonyl (C=O) groups excluding carboxylic acids is 1. The first kappa shape index (κ1) is 31.3. The summed E-state index contributed by atoms with van der Waals surface area (Å²) < 4.78 is 80.4. The van der Waals surface area contributed by atoms with Gasteiger partial charge < -0.3 is 10.4 Å². The second-order valence-corrected chi connectivity index (χ2v) is 10.6. The Kier molecular flexibility index (Phi) is 8.17. The van der Waals surface area contributed by atoms with Crippen molar-refractivity contribution in [2.45, 2.75) is 38.2 Å². The summed E-state index contributed by atoms with van der Waals surface area (Å²) in [6.07, 6.45) is -5.97. The van der Waals surface area contributed by atoms with E-state index in [2.05, 4.69) is 10.4 Å². The molecule has 2 atom stereocenters. The predicted molar refractivity (Wildman–Crippen MR) is 154 cm³/mol. The van der Waals surface area contributed by atoms with Gasteiger partial charge in [-0.3, -0.25) is 4.79 Å². The third-order valence-electron chi connectivity index (χ3n) is 7.64. The smallest absolute Gasteiger partial charge is 0.416 e. The van der Waals surface area contributed by atoms with Gasteiger partial charge in [0.15, 0.2) is 0 Å². The molecule has 0 saturated carbocycles. The fourth-order valence-corrected chi connectivity index (χ4v) is 5.06. The number of nitrogens with one attached hydrogen (secondary N) is 1. The Morgan fingerprint density at radius 3 is 1.84 bits per heavy atom. The highest BCUT2D eigenvalue weighted by Crippen LogP contribution is 2.36. The number of carbonyl (C=O) groups is 2. The van der Waals surface area contributed by atoms with Crippen molar-refractivity contribution in [1.82, 2.24) is 14.9 Å². The Morgan fingerprint density at radius 2 is 1.31 bits per heavy atom. The third-order valence-corrected chi connectivity index (χ3v) is 7.64. The van der Waals surface area contributed by atoms with Gasteiger partial charge in [0, 0.05) is 23.2 Å². The van der Waals surface area contributed by atoms with Gasteiger partial charge in [0.25, 0.3) is 5.91 Å². The lowest BCUT2D eigenvalue weighted by Gasteiger charge is -2.18. The molecule has 0 radical (unpaired) electrons. The van der Waals surface area contributed by atoms with Crippen molar-refractivity contribution in [3.05, 3.63) is 130 Å². The van der Waals surface area contributed by atoms with E-state index in [0.29, 0.717) is 33.3 Å². The minimum Gasteiger partial charge on any atom is -0.478 e. The number of carboxylic acids is 1. The number of rotatable bonds is 7. The van der Waals surface area contributed by atoms with Gasteiger partial charge in [-0.25, -0.2) is 9.31 Å². The molecule has 232 valence electrons. The molecule has 0 unspecified atom stereocenters. The predicted octanol–water partition coefficient (Wildman–Crippen LogP) is 8.38. The number of hydrogen-bond donors (Lipinski definition) is 2. The molecule has 0 fully saturated rings. The van der Waals surface area contributed by atoms with Gasteiger partial charge in [-0.2, -0.15) is 31.4 Å². The average molecular weight is 626 g/mol. The standard InChI is InChI=1S/C33H25F6N3O3/c1-18(20-7-11-25(12-8-20)32(34,35)36)28-16-40-42-17-24(22-9-13-26(14-10-22)33(37,38)39)15-27(29(28)42)30(43)41-19(2)21-3-5-23(6-4-21)31(44)45/h3-19H,1-2H3,(H,41,43)(H,44,45)/t18-,19+/m1/s1. The summed E-state index contributed by atoms with van der Waals surface area (Å²) >= 11 is 0. The zero-order chi connectivity index (χ0) is 32.7. The first-order valence-electron chi connectivity index (χ1n) is 13.6. The lowest BCUT2D eigenvalue weighted by atomic mass is 9.91. The molecule has 1 amide bonds. The lowest BCUT2D eigenvalue weighted by Crippen LogP contribution is -2.27. The molecule has 0 saturated heterocycles. The molecule has 2 N–H and O–H groups in total. The molecule has 0 aliphatic rings. The molecule has 0 spiro atoms. The largest absolute Gasteiger partial charge is 0.478 e. The van der Waals surface area contributed by atoms with E-state index in [1.54, 1.807) is 32.2 Å². The van der Waals surface area contributed by atoms with Gasteiger partial charge in [-0.05, 0) is 66.1 Å². The monoisotopic (exact) mass is 625 g/mol. The molecule has 0 aliphatic heterocycles. The summed E-state index contributed by atoms with van der Waals surface area (Å²) in [5, 5.41) is 16.5. The van der Waals surface area contributed by atoms with Gasteiger partial charge >= 0.3 is 18.3 Å². The minimum atomic E-state index is -4.53. The maximum Gasteiger partial charge on any atom is 0.416 e. The van der Waals surface area contributed by atoms with Crippen LogP contribution < -0.4 is 5.32 Å². The van der Waals surface area contributed by atoms with Crippen molar-refractivity contribution in [3.63, 3.8) is 0 Å². The van der Waals surface area contributed by atoms with Crippen LogP contribution in [0.4, 0.5) is 26.3 Å². The van der Waals surface area contributed by atoms with E-state index in [9.17, 15) is 41.0 Å². The first-order chi connectivity index (χ1) is 21.1. The van der Waals surface area contributed by atoms with Crippen LogP contribution in [0.5, 0.6) is 0 Å². The number of alkyl halides is 6. The molecule has 6 nitrogen and oxygen atoms in total. The summed E-state index contributed by atoms with van der Waals surface area (Å²) in [6, 6.07) is 16.0. The van der Waals surface area contributed by atoms with Gasteiger partial charge in [-0.1, -0.05) is 43.3 Å². The molecule has 45 heavy (non-hydrogen) atoms. The van der Waals surface area contributed by atoms with E-state index in [4.69, 9.17) is 0 Å². The fraction of sp³-hybridized carbons (Fsp3) is 0.182. The number of nitrogens with zero attached hydrogens (tertiary/aromatic N) is 2. The topological polar surface area (TPSA) is 83.7 Å². The second kappa shape index (κ2) is 11.8. The molecule has 3 aromatic carbocycles. The van der Waals surface area contributed by atoms with E-state index >= 15 is 0 Å². The van der Waals surface area contributed by atoms with E-state index in [1.807, 2.05) is 0 Å². The number of benzene rings is 3. The van der Waals surface area contributed by atoms with E-state index in [0.717, 1.165) is 24.3 Å². The lowest BCUT2D eigenvalue weighted by molar-refractivity contribution is -0.138. The van der Waals surface area contributed by atoms with Crippen LogP contribution in [0.3, 0.4) is 0 Å². The van der Waals surface area contributed by atoms with Crippen LogP contribution in [0.15, 0.2) is 91.3 Å². The number of carboxylic acid groups (broad SMARTS) is 1. The van der Waals surface area contributed by atoms with Gasteiger partial charge in [-0.15, -0.1) is 0 Å². The van der Waals surface area contributed by atoms with Crippen molar-refractivity contribution in [2.75, 3.05) is 0 Å². The molecule has 0 bridgehead atoms. The quantitative estimate of drug-likeness (QED) is 0.178. The molecule has 5 rings (SSSR count). The van der Waals surface area contributed by atoms with Crippen molar-refractivity contribution in [1.29, 1.82) is 0 Å². The number of amides is 1. The summed E-state index contributed by atoms with van der Waals surface area (Å²) in [7, 11) is 0. The van der Waals surface area contributed by atoms with Crippen molar-refractivity contribution in [3.8, 4) is 11.1 Å². The Hall–Kier alpha value is -5.13. The van der Waals surface area contributed by atoms with E-state index < -0.39 is 47.3 Å². The Labute approximate surface area is 252 Å². The Morgan fingerprint density at radius 1 is 0.778 bits per heavy atom. The van der Waals surface area contributed by atoms with E-state index in [1.165, 1.54) is 53.2 Å². The minimum absolute atomic E-state index is 0.0735. The zero-order valence-corrected chi connectivity index (χ0v) is 23.7. The molecule has 0 aliphatic carbocycles. The summed E-state index contributed by atoms with van der Waals surface area (Å²) in [5.41, 5.74) is 1.43. The Balaban J connectivity index is 1.57. The van der Waals surface area contributed by atoms with Crippen molar-refractivity contribution < 1.29 is 41.0 Å². The number of aromatic carboxylic acids is 1. The molecule has 5 aromatic rings. The van der Waals surface area contributed by atoms with Crippen molar-refractivity contribution in [2.24, 2.45) is 0 Å². The van der Waals surface area contributed by atoms with Crippen LogP contribution in [-0.4, -0.2) is 26.6 Å². The highest BCUT2D eigenvalue weighted by Gasteiger charge is 2.31. The first-order valence-corrected chi connectivity index (χ1v) is 13.6. The van der Waals surface area contributed by atoms with Crippen LogP contribution in [0.25, 0.3) is 16.6 Å². The molecule has 12 heteroatoms. The number of halogens is 6. The summed E-state index contributed by atoms with van der Waals surface area (Å²) in [6.45, 7) is 3.46. The maximum atomic E-state index is 13.8. The molecule has 2 aromatic heterocycles. The van der Waals surface area contributed by atoms with Crippen LogP contribution in [0.1, 0.15) is 74.3 Å². The van der Waals surface area contributed by atoms with Gasteiger partial charge in [0.05, 0.1) is 40.0 Å². The van der Waals surface area contributed by atoms with Crippen LogP contribution >= 0.6 is 0 Å². The number of pyridine rings is 1. The SMILES string of the molecule is C[C@H](c1ccc(C(F)(F)F)cc1)c1cnn2cc(-c3ccc(C(F)(F)F)cc3)cc(C(=O)N[C@@H](C)c3ccc(C(=O)O)cc3)c12. The number of hydrogen-bond acceptors (Lipinski definition) is 3. The highest BCUT2D eigenvalue weighted by molar-refractivity contribution is 6.03. The third kappa shape index (κ3) is 6.54. The van der Waals surface area contributed by atoms with Gasteiger partial charge in [0.1, 0.15) is 0 Å². The highest BCUT2D eigenvalue weighted by atomic mass is 19.4. The number of fused-ring (bicyclic) bond motifs is 1. The van der Waals surface area contributed by atoms with Crippen LogP contribution in [0, 0.1) is 0 Å². The number of aromatic nitrogens is 2. The van der Waals surface area contributed by atoms with Crippen LogP contribution in [-0.2, 0) is 12.4 Å². The van der Waals surface area contributed by atoms with Crippen molar-refractivity contribution >= 4 is 17.4 Å². The van der Waals surface area contributed by atoms with E-state index in [-0.39, 0.29) is 11.1 Å². The van der Waals surface area contributed by atoms with Crippen LogP contribution in [0.2, 0.25) is 0 Å². The summed E-state index contributed by atoms with van der Waals surface area (Å²) in [5.74, 6) is -2.14. The molecular weight excluding hydrogens is 600 g/mol. The zero-order valence-electron chi connectivity index (χ0n) is 23.7. The normalized spacial score (nSPS) is 13.4. The molecular formula is C33H25F6N3O3. The maximum absolute atomic E-state index is 13.8. The second-order valence-electron chi connectivity index (χ2n) is 10.6. The molecule has 2 heterocycles. The average Bonchev–Trinajstić information content (AvgIpc) is 3.43. The van der Waals surface area contributed by atoms with Gasteiger partial charge in [0.2, 0.25) is 0 Å². The fourth-order valence-electron chi connectivity index (χ4n) is 5.06. The summed E-state index contributed by atoms with van der Waals surface area (Å²) in [4.78, 5) is 25.1. The Bertz CT molecular complexity index is 1860.